The Morgan fingerprint density at radius 3 is 1.65 bits per heavy atom. The van der Waals surface area contributed by atoms with Gasteiger partial charge in [-0.1, -0.05) is 0 Å². The number of nitrogens with one attached hydrogen (secondary N) is 4. The predicted molar refractivity (Wildman–Crippen MR) is 159 cm³/mol. The maximum absolute atomic E-state index is 13.0. The van der Waals surface area contributed by atoms with Crippen molar-refractivity contribution >= 4 is 103 Å². The molecule has 1 aromatic rings. The highest BCUT2D eigenvalue weighted by atomic mass is 127. The van der Waals surface area contributed by atoms with Crippen LogP contribution in [0.25, 0.3) is 0 Å². The van der Waals surface area contributed by atoms with E-state index in [9.17, 15) is 39.6 Å². The topological polar surface area (TPSA) is 218 Å². The van der Waals surface area contributed by atoms with Crippen molar-refractivity contribution in [1.29, 1.82) is 0 Å². The molecule has 1 rings (SSSR count). The van der Waals surface area contributed by atoms with E-state index in [1.54, 1.807) is 0 Å². The van der Waals surface area contributed by atoms with E-state index < -0.39 is 31.0 Å². The third kappa shape index (κ3) is 10.5. The Hall–Kier alpha value is -0.590. The SMILES string of the molecule is CC(=O)Nc1c(I)c(NC(C)=O)c(I)c(C(=O)CNCC(=O)CNC[C@H](O)[C@@H](O)[C@H](O)[C@H](O)CO)c1I. The van der Waals surface area contributed by atoms with Crippen LogP contribution in [0.5, 0.6) is 0 Å². The first-order valence-electron chi connectivity index (χ1n) is 10.8. The lowest BCUT2D eigenvalue weighted by Gasteiger charge is -2.25. The standard InChI is InChI=1S/C21H29I3N4O9/c1-8(30)27-18-15(22)14(16(23)19(17(18)24)28-9(2)31)11(33)5-25-3-10(32)4-26-6-12(34)20(36)21(37)13(35)7-29/h12-13,20-21,25-26,29,34-37H,3-7H2,1-2H3,(H,27,30)(H,28,31)/t12-,13+,20+,21+/m0/s1. The van der Waals surface area contributed by atoms with Crippen molar-refractivity contribution < 1.29 is 44.7 Å². The second-order valence-corrected chi connectivity index (χ2v) is 11.2. The molecule has 9 N–H and O–H groups in total. The zero-order valence-corrected chi connectivity index (χ0v) is 26.3. The number of aliphatic hydroxyl groups is 5. The number of rotatable bonds is 15. The van der Waals surface area contributed by atoms with Gasteiger partial charge >= 0.3 is 0 Å². The monoisotopic (exact) mass is 862 g/mol. The van der Waals surface area contributed by atoms with Crippen LogP contribution in [-0.2, 0) is 14.4 Å². The van der Waals surface area contributed by atoms with Crippen molar-refractivity contribution in [3.8, 4) is 0 Å². The van der Waals surface area contributed by atoms with E-state index in [0.717, 1.165) is 0 Å². The molecule has 208 valence electrons. The molecule has 0 fully saturated rings. The maximum atomic E-state index is 13.0. The molecule has 1 aromatic carbocycles. The molecule has 0 aromatic heterocycles. The minimum absolute atomic E-state index is 0.197. The van der Waals surface area contributed by atoms with Crippen LogP contribution in [0.15, 0.2) is 0 Å². The largest absolute Gasteiger partial charge is 0.394 e. The predicted octanol–water partition coefficient (Wildman–Crippen LogP) is -1.22. The number of Topliss-reactive ketones (excluding diaryl/α,β-unsaturated/α-hetero) is 2. The molecule has 0 aliphatic heterocycles. The molecule has 13 nitrogen and oxygen atoms in total. The van der Waals surface area contributed by atoms with Gasteiger partial charge in [0.2, 0.25) is 11.8 Å². The molecule has 0 bridgehead atoms. The summed E-state index contributed by atoms with van der Waals surface area (Å²) in [6.45, 7) is 0.933. The number of hydrogen-bond acceptors (Lipinski definition) is 11. The van der Waals surface area contributed by atoms with E-state index in [2.05, 4.69) is 21.3 Å². The van der Waals surface area contributed by atoms with Gasteiger partial charge in [-0.25, -0.2) is 0 Å². The smallest absolute Gasteiger partial charge is 0.221 e. The highest BCUT2D eigenvalue weighted by Crippen LogP contribution is 2.39. The molecule has 0 aliphatic carbocycles. The van der Waals surface area contributed by atoms with Crippen LogP contribution in [0, 0.1) is 10.7 Å². The Kier molecular flexibility index (Phi) is 15.4. The van der Waals surface area contributed by atoms with Crippen molar-refractivity contribution in [2.24, 2.45) is 0 Å². The minimum Gasteiger partial charge on any atom is -0.394 e. The zero-order chi connectivity index (χ0) is 28.4. The van der Waals surface area contributed by atoms with E-state index >= 15 is 0 Å². The van der Waals surface area contributed by atoms with Gasteiger partial charge in [0.1, 0.15) is 18.3 Å². The highest BCUT2D eigenvalue weighted by molar-refractivity contribution is 14.1. The van der Waals surface area contributed by atoms with Crippen LogP contribution in [-0.4, -0.2) is 106 Å². The summed E-state index contributed by atoms with van der Waals surface area (Å²) in [5.41, 5.74) is 1.05. The first-order valence-corrected chi connectivity index (χ1v) is 14.0. The summed E-state index contributed by atoms with van der Waals surface area (Å²) in [6, 6.07) is 0. The number of anilines is 2. The fourth-order valence-corrected chi connectivity index (χ4v) is 7.30. The minimum atomic E-state index is -1.77. The number of aliphatic hydroxyl groups excluding tert-OH is 5. The Morgan fingerprint density at radius 2 is 1.19 bits per heavy atom. The molecule has 0 aliphatic rings. The number of carbonyl (C=O) groups is 4. The Labute approximate surface area is 254 Å². The van der Waals surface area contributed by atoms with E-state index in [-0.39, 0.29) is 55.1 Å². The molecule has 2 amide bonds. The van der Waals surface area contributed by atoms with Gasteiger partial charge in [0.15, 0.2) is 11.6 Å². The van der Waals surface area contributed by atoms with Gasteiger partial charge in [0, 0.05) is 33.1 Å². The van der Waals surface area contributed by atoms with Crippen LogP contribution >= 0.6 is 67.8 Å². The molecule has 0 saturated heterocycles. The molecular weight excluding hydrogens is 833 g/mol. The van der Waals surface area contributed by atoms with Crippen LogP contribution in [0.2, 0.25) is 0 Å². The van der Waals surface area contributed by atoms with Gasteiger partial charge in [0.05, 0.1) is 47.3 Å². The van der Waals surface area contributed by atoms with E-state index in [4.69, 9.17) is 5.11 Å². The lowest BCUT2D eigenvalue weighted by Crippen LogP contribution is -2.49. The van der Waals surface area contributed by atoms with E-state index in [1.165, 1.54) is 13.8 Å². The lowest BCUT2D eigenvalue weighted by molar-refractivity contribution is -0.119. The average Bonchev–Trinajstić information content (AvgIpc) is 2.82. The summed E-state index contributed by atoms with van der Waals surface area (Å²) in [5, 5.41) is 58.0. The number of carbonyl (C=O) groups excluding carboxylic acids is 4. The average molecular weight is 862 g/mol. The summed E-state index contributed by atoms with van der Waals surface area (Å²) in [6.07, 6.45) is -6.66. The summed E-state index contributed by atoms with van der Waals surface area (Å²) >= 11 is 5.86. The second-order valence-electron chi connectivity index (χ2n) is 7.92. The summed E-state index contributed by atoms with van der Waals surface area (Å²) in [4.78, 5) is 48.5. The first kappa shape index (κ1) is 34.4. The Morgan fingerprint density at radius 1 is 0.730 bits per heavy atom. The normalized spacial score (nSPS) is 14.4. The van der Waals surface area contributed by atoms with Gasteiger partial charge in [-0.2, -0.15) is 0 Å². The molecule has 0 spiro atoms. The van der Waals surface area contributed by atoms with Crippen molar-refractivity contribution in [2.45, 2.75) is 38.3 Å². The molecule has 4 atom stereocenters. The number of hydrogen-bond donors (Lipinski definition) is 9. The lowest BCUT2D eigenvalue weighted by atomic mass is 10.0. The van der Waals surface area contributed by atoms with Crippen molar-refractivity contribution in [3.63, 3.8) is 0 Å². The van der Waals surface area contributed by atoms with Crippen LogP contribution in [0.3, 0.4) is 0 Å². The van der Waals surface area contributed by atoms with Gasteiger partial charge in [-0.15, -0.1) is 0 Å². The summed E-state index contributed by atoms with van der Waals surface area (Å²) in [5.74, 6) is -1.44. The molecule has 0 saturated carbocycles. The fraction of sp³-hybridized carbons (Fsp3) is 0.524. The van der Waals surface area contributed by atoms with Crippen molar-refractivity contribution in [2.75, 3.05) is 43.4 Å². The van der Waals surface area contributed by atoms with Gasteiger partial charge in [-0.05, 0) is 67.8 Å². The Bertz CT molecular complexity index is 969. The van der Waals surface area contributed by atoms with Crippen molar-refractivity contribution in [1.82, 2.24) is 10.6 Å². The van der Waals surface area contributed by atoms with Gasteiger partial charge < -0.3 is 46.8 Å². The number of ketones is 2. The maximum Gasteiger partial charge on any atom is 0.221 e. The molecular formula is C21H29I3N4O9. The van der Waals surface area contributed by atoms with Crippen molar-refractivity contribution in [3.05, 3.63) is 16.3 Å². The van der Waals surface area contributed by atoms with Gasteiger partial charge in [0.25, 0.3) is 0 Å². The molecule has 0 radical (unpaired) electrons. The Balaban J connectivity index is 2.78. The molecule has 37 heavy (non-hydrogen) atoms. The molecule has 0 unspecified atom stereocenters. The second kappa shape index (κ2) is 16.5. The quantitative estimate of drug-likeness (QED) is 0.0753. The number of benzene rings is 1. The van der Waals surface area contributed by atoms with Crippen LogP contribution < -0.4 is 21.3 Å². The van der Waals surface area contributed by atoms with Crippen LogP contribution in [0.1, 0.15) is 24.2 Å². The highest BCUT2D eigenvalue weighted by Gasteiger charge is 2.30. The molecule has 0 heterocycles. The summed E-state index contributed by atoms with van der Waals surface area (Å²) < 4.78 is 1.53. The third-order valence-electron chi connectivity index (χ3n) is 4.81. The number of amides is 2. The van der Waals surface area contributed by atoms with Gasteiger partial charge in [-0.3, -0.25) is 19.2 Å². The first-order chi connectivity index (χ1) is 17.2. The summed E-state index contributed by atoms with van der Waals surface area (Å²) in [7, 11) is 0. The fourth-order valence-electron chi connectivity index (χ4n) is 2.99. The van der Waals surface area contributed by atoms with Crippen LogP contribution in [0.4, 0.5) is 11.4 Å². The van der Waals surface area contributed by atoms with E-state index in [0.29, 0.717) is 22.1 Å². The zero-order valence-electron chi connectivity index (χ0n) is 19.8. The number of halogens is 3. The van der Waals surface area contributed by atoms with E-state index in [1.807, 2.05) is 67.8 Å². The molecule has 16 heteroatoms. The third-order valence-corrected chi connectivity index (χ3v) is 8.04.